The number of hydrogen-bond acceptors (Lipinski definition) is 8. The highest BCUT2D eigenvalue weighted by molar-refractivity contribution is 7.89. The van der Waals surface area contributed by atoms with E-state index >= 15 is 0 Å². The van der Waals surface area contributed by atoms with Crippen LogP contribution in [0.2, 0.25) is 0 Å². The van der Waals surface area contributed by atoms with Crippen LogP contribution in [0, 0.1) is 0 Å². The van der Waals surface area contributed by atoms with E-state index in [9.17, 15) is 8.42 Å². The van der Waals surface area contributed by atoms with Crippen molar-refractivity contribution in [3.05, 3.63) is 30.7 Å². The van der Waals surface area contributed by atoms with Gasteiger partial charge in [-0.05, 0) is 25.0 Å². The zero-order valence-electron chi connectivity index (χ0n) is 16.9. The fraction of sp³-hybridized carbons (Fsp3) is 0.421. The maximum absolute atomic E-state index is 12.8. The monoisotopic (exact) mass is 432 g/mol. The van der Waals surface area contributed by atoms with Gasteiger partial charge < -0.3 is 14.4 Å². The molecule has 0 bridgehead atoms. The number of nitrogens with zero attached hydrogens (tertiary/aromatic N) is 5. The quantitative estimate of drug-likeness (QED) is 0.569. The average Bonchev–Trinajstić information content (AvgIpc) is 3.43. The minimum atomic E-state index is -3.80. The number of rotatable bonds is 8. The highest BCUT2D eigenvalue weighted by Crippen LogP contribution is 2.28. The Labute approximate surface area is 174 Å². The molecule has 0 spiro atoms. The molecule has 1 fully saturated rings. The van der Waals surface area contributed by atoms with Gasteiger partial charge in [-0.25, -0.2) is 27.8 Å². The van der Waals surface area contributed by atoms with Crippen LogP contribution in [-0.2, 0) is 16.6 Å². The third-order valence-corrected chi connectivity index (χ3v) is 6.58. The molecule has 0 unspecified atom stereocenters. The van der Waals surface area contributed by atoms with Crippen LogP contribution in [0.15, 0.2) is 35.6 Å². The zero-order chi connectivity index (χ0) is 21.1. The lowest BCUT2D eigenvalue weighted by atomic mass is 10.3. The Kier molecular flexibility index (Phi) is 5.73. The van der Waals surface area contributed by atoms with Gasteiger partial charge in [0, 0.05) is 25.7 Å². The van der Waals surface area contributed by atoms with Crippen LogP contribution in [0.5, 0.6) is 11.5 Å². The van der Waals surface area contributed by atoms with Crippen molar-refractivity contribution in [2.45, 2.75) is 24.3 Å². The molecule has 2 aromatic heterocycles. The van der Waals surface area contributed by atoms with Gasteiger partial charge in [0.1, 0.15) is 28.5 Å². The van der Waals surface area contributed by atoms with Crippen molar-refractivity contribution in [3.8, 4) is 11.5 Å². The maximum Gasteiger partial charge on any atom is 0.244 e. The third-order valence-electron chi connectivity index (χ3n) is 5.09. The summed E-state index contributed by atoms with van der Waals surface area (Å²) in [4.78, 5) is 11.0. The molecule has 3 heterocycles. The molecule has 30 heavy (non-hydrogen) atoms. The molecule has 4 rings (SSSR count). The van der Waals surface area contributed by atoms with E-state index in [0.717, 1.165) is 37.1 Å². The van der Waals surface area contributed by atoms with E-state index in [0.29, 0.717) is 17.9 Å². The van der Waals surface area contributed by atoms with Gasteiger partial charge in [0.25, 0.3) is 0 Å². The smallest absolute Gasteiger partial charge is 0.244 e. The molecular formula is C19H24N6O4S. The van der Waals surface area contributed by atoms with Crippen molar-refractivity contribution >= 4 is 26.9 Å². The Morgan fingerprint density at radius 1 is 1.13 bits per heavy atom. The molecule has 0 saturated carbocycles. The molecule has 1 aliphatic heterocycles. The van der Waals surface area contributed by atoms with Crippen molar-refractivity contribution in [3.63, 3.8) is 0 Å². The molecule has 1 N–H and O–H groups in total. The molecule has 0 atom stereocenters. The summed E-state index contributed by atoms with van der Waals surface area (Å²) in [5.74, 6) is 1.56. The average molecular weight is 433 g/mol. The Balaban J connectivity index is 1.50. The Bertz CT molecular complexity index is 1140. The fourth-order valence-electron chi connectivity index (χ4n) is 3.58. The molecule has 11 heteroatoms. The second-order valence-electron chi connectivity index (χ2n) is 6.91. The molecule has 1 saturated heterocycles. The molecule has 1 aromatic carbocycles. The van der Waals surface area contributed by atoms with E-state index in [-0.39, 0.29) is 17.2 Å². The van der Waals surface area contributed by atoms with Crippen molar-refractivity contribution in [2.24, 2.45) is 0 Å². The van der Waals surface area contributed by atoms with Crippen molar-refractivity contribution in [1.82, 2.24) is 24.5 Å². The van der Waals surface area contributed by atoms with Crippen LogP contribution in [-0.4, -0.2) is 62.0 Å². The summed E-state index contributed by atoms with van der Waals surface area (Å²) in [5.41, 5.74) is 0.685. The number of ether oxygens (including phenoxy) is 2. The van der Waals surface area contributed by atoms with Gasteiger partial charge in [-0.1, -0.05) is 0 Å². The molecular weight excluding hydrogens is 408 g/mol. The summed E-state index contributed by atoms with van der Waals surface area (Å²) in [5, 5.41) is 5.26. The number of anilines is 1. The number of benzene rings is 1. The number of fused-ring (bicyclic) bond motifs is 1. The van der Waals surface area contributed by atoms with Crippen LogP contribution in [0.25, 0.3) is 11.0 Å². The Morgan fingerprint density at radius 3 is 2.67 bits per heavy atom. The largest absolute Gasteiger partial charge is 0.497 e. The van der Waals surface area contributed by atoms with E-state index in [1.54, 1.807) is 23.0 Å². The molecule has 0 amide bonds. The molecule has 0 radical (unpaired) electrons. The predicted molar refractivity (Wildman–Crippen MR) is 112 cm³/mol. The lowest BCUT2D eigenvalue weighted by Crippen LogP contribution is -2.28. The van der Waals surface area contributed by atoms with Crippen LogP contribution >= 0.6 is 0 Å². The summed E-state index contributed by atoms with van der Waals surface area (Å²) < 4.78 is 40.2. The summed E-state index contributed by atoms with van der Waals surface area (Å²) in [6.45, 7) is 2.41. The summed E-state index contributed by atoms with van der Waals surface area (Å²) in [7, 11) is -0.897. The van der Waals surface area contributed by atoms with Gasteiger partial charge in [0.15, 0.2) is 5.65 Å². The first-order valence-electron chi connectivity index (χ1n) is 9.66. The van der Waals surface area contributed by atoms with E-state index in [2.05, 4.69) is 24.7 Å². The Hall–Kier alpha value is -2.92. The molecule has 0 aliphatic carbocycles. The van der Waals surface area contributed by atoms with Gasteiger partial charge >= 0.3 is 0 Å². The molecule has 160 valence electrons. The lowest BCUT2D eigenvalue weighted by molar-refractivity contribution is 0.392. The second kappa shape index (κ2) is 8.44. The van der Waals surface area contributed by atoms with Crippen LogP contribution in [0.1, 0.15) is 12.8 Å². The molecule has 10 nitrogen and oxygen atoms in total. The fourth-order valence-corrected chi connectivity index (χ4v) is 4.79. The van der Waals surface area contributed by atoms with Crippen molar-refractivity contribution in [2.75, 3.05) is 38.8 Å². The summed E-state index contributed by atoms with van der Waals surface area (Å²) >= 11 is 0. The van der Waals surface area contributed by atoms with Gasteiger partial charge in [-0.3, -0.25) is 0 Å². The number of aromatic nitrogens is 4. The summed E-state index contributed by atoms with van der Waals surface area (Å²) in [6.07, 6.45) is 5.56. The van der Waals surface area contributed by atoms with Crippen LogP contribution in [0.3, 0.4) is 0 Å². The van der Waals surface area contributed by atoms with Crippen molar-refractivity contribution < 1.29 is 17.9 Å². The first kappa shape index (κ1) is 20.4. The summed E-state index contributed by atoms with van der Waals surface area (Å²) in [6, 6.07) is 4.64. The van der Waals surface area contributed by atoms with E-state index in [4.69, 9.17) is 9.47 Å². The normalized spacial score (nSPS) is 14.4. The van der Waals surface area contributed by atoms with Crippen LogP contribution < -0.4 is 19.1 Å². The van der Waals surface area contributed by atoms with Gasteiger partial charge in [0.05, 0.1) is 32.3 Å². The van der Waals surface area contributed by atoms with E-state index in [1.165, 1.54) is 26.6 Å². The second-order valence-corrected chi connectivity index (χ2v) is 8.65. The number of sulfonamides is 1. The molecule has 3 aromatic rings. The van der Waals surface area contributed by atoms with Gasteiger partial charge in [-0.15, -0.1) is 0 Å². The minimum Gasteiger partial charge on any atom is -0.497 e. The Morgan fingerprint density at radius 2 is 1.93 bits per heavy atom. The standard InChI is InChI=1S/C19H24N6O4S/c1-28-14-5-6-16(29-2)17(11-14)30(26,27)23-7-10-25-19-15(12-22-25)18(20-13-21-19)24-8-3-4-9-24/h5-6,11-13,23H,3-4,7-10H2,1-2H3. The highest BCUT2D eigenvalue weighted by Gasteiger charge is 2.21. The van der Waals surface area contributed by atoms with Gasteiger partial charge in [-0.2, -0.15) is 5.10 Å². The first-order valence-corrected chi connectivity index (χ1v) is 11.1. The maximum atomic E-state index is 12.8. The van der Waals surface area contributed by atoms with E-state index < -0.39 is 10.0 Å². The topological polar surface area (TPSA) is 111 Å². The lowest BCUT2D eigenvalue weighted by Gasteiger charge is -2.16. The first-order chi connectivity index (χ1) is 14.5. The van der Waals surface area contributed by atoms with Crippen LogP contribution in [0.4, 0.5) is 5.82 Å². The number of hydrogen-bond donors (Lipinski definition) is 1. The minimum absolute atomic E-state index is 0.0216. The van der Waals surface area contributed by atoms with E-state index in [1.807, 2.05) is 0 Å². The van der Waals surface area contributed by atoms with Crippen molar-refractivity contribution in [1.29, 1.82) is 0 Å². The zero-order valence-corrected chi connectivity index (χ0v) is 17.7. The molecule has 1 aliphatic rings. The number of nitrogens with one attached hydrogen (secondary N) is 1. The highest BCUT2D eigenvalue weighted by atomic mass is 32.2. The third kappa shape index (κ3) is 3.90. The number of methoxy groups -OCH3 is 2. The predicted octanol–water partition coefficient (Wildman–Crippen LogP) is 1.42. The SMILES string of the molecule is COc1ccc(OC)c(S(=O)(=O)NCCn2ncc3c(N4CCCC4)ncnc32)c1. The van der Waals surface area contributed by atoms with Gasteiger partial charge in [0.2, 0.25) is 10.0 Å².